The molecule has 0 aromatic rings. The van der Waals surface area contributed by atoms with Crippen molar-refractivity contribution in [2.45, 2.75) is 26.2 Å². The molecular weight excluding hydrogens is 148 g/mol. The van der Waals surface area contributed by atoms with E-state index in [1.54, 1.807) is 6.92 Å². The summed E-state index contributed by atoms with van der Waals surface area (Å²) in [5.41, 5.74) is -0.396. The predicted octanol–water partition coefficient (Wildman–Crippen LogP) is 1.08. The lowest BCUT2D eigenvalue weighted by Gasteiger charge is -2.21. The van der Waals surface area contributed by atoms with Gasteiger partial charge in [0.05, 0.1) is 5.44 Å². The third kappa shape index (κ3) is 5.09. The largest absolute Gasteiger partial charge is 0.396 e. The van der Waals surface area contributed by atoms with Crippen LogP contribution in [0, 0.1) is 5.41 Å². The zero-order chi connectivity index (χ0) is 8.20. The van der Waals surface area contributed by atoms with Gasteiger partial charge in [-0.1, -0.05) is 13.8 Å². The van der Waals surface area contributed by atoms with E-state index in [9.17, 15) is 0 Å². The quantitative estimate of drug-likeness (QED) is 0.611. The van der Waals surface area contributed by atoms with Crippen LogP contribution in [0.2, 0.25) is 0 Å². The fourth-order valence-corrected chi connectivity index (χ4v) is 1.18. The van der Waals surface area contributed by atoms with Gasteiger partial charge >= 0.3 is 0 Å². The number of aliphatic hydroxyl groups is 2. The molecule has 0 bridgehead atoms. The molecule has 0 aliphatic rings. The SMILES string of the molecule is CC(O)SCC(C)(C)CO. The molecule has 0 aromatic carbocycles. The molecule has 3 heteroatoms. The zero-order valence-electron chi connectivity index (χ0n) is 6.79. The van der Waals surface area contributed by atoms with Crippen molar-refractivity contribution in [3.05, 3.63) is 0 Å². The Morgan fingerprint density at radius 2 is 2.00 bits per heavy atom. The van der Waals surface area contributed by atoms with Crippen LogP contribution in [0.5, 0.6) is 0 Å². The van der Waals surface area contributed by atoms with Gasteiger partial charge in [0.1, 0.15) is 0 Å². The predicted molar refractivity (Wildman–Crippen MR) is 45.0 cm³/mol. The number of hydrogen-bond donors (Lipinski definition) is 2. The summed E-state index contributed by atoms with van der Waals surface area (Å²) in [6.45, 7) is 5.86. The van der Waals surface area contributed by atoms with E-state index in [-0.39, 0.29) is 17.5 Å². The summed E-state index contributed by atoms with van der Waals surface area (Å²) in [7, 11) is 0. The van der Waals surface area contributed by atoms with Crippen LogP contribution in [0.25, 0.3) is 0 Å². The Balaban J connectivity index is 3.46. The Labute approximate surface area is 66.6 Å². The second kappa shape index (κ2) is 4.21. The molecular formula is C7H16O2S. The highest BCUT2D eigenvalue weighted by Gasteiger charge is 2.16. The van der Waals surface area contributed by atoms with E-state index in [2.05, 4.69) is 0 Å². The van der Waals surface area contributed by atoms with Crippen LogP contribution in [0.3, 0.4) is 0 Å². The molecule has 0 aliphatic carbocycles. The molecule has 0 saturated heterocycles. The first-order valence-electron chi connectivity index (χ1n) is 3.38. The summed E-state index contributed by atoms with van der Waals surface area (Å²) in [4.78, 5) is 0. The van der Waals surface area contributed by atoms with Crippen LogP contribution in [0.15, 0.2) is 0 Å². The molecule has 0 spiro atoms. The van der Waals surface area contributed by atoms with E-state index >= 15 is 0 Å². The van der Waals surface area contributed by atoms with Gasteiger partial charge in [0.25, 0.3) is 0 Å². The molecule has 0 radical (unpaired) electrons. The van der Waals surface area contributed by atoms with Gasteiger partial charge in [0, 0.05) is 12.4 Å². The molecule has 2 N–H and O–H groups in total. The van der Waals surface area contributed by atoms with Crippen LogP contribution >= 0.6 is 11.8 Å². The number of aliphatic hydroxyl groups excluding tert-OH is 2. The number of rotatable bonds is 4. The van der Waals surface area contributed by atoms with Gasteiger partial charge in [-0.3, -0.25) is 0 Å². The monoisotopic (exact) mass is 164 g/mol. The first-order chi connectivity index (χ1) is 4.48. The number of hydrogen-bond acceptors (Lipinski definition) is 3. The van der Waals surface area contributed by atoms with E-state index in [1.807, 2.05) is 13.8 Å². The van der Waals surface area contributed by atoms with Crippen molar-refractivity contribution < 1.29 is 10.2 Å². The Kier molecular flexibility index (Phi) is 4.32. The molecule has 1 unspecified atom stereocenters. The van der Waals surface area contributed by atoms with E-state index in [0.717, 1.165) is 5.75 Å². The molecule has 0 aliphatic heterocycles. The first kappa shape index (κ1) is 10.3. The lowest BCUT2D eigenvalue weighted by molar-refractivity contribution is 0.179. The molecule has 1 atom stereocenters. The Morgan fingerprint density at radius 1 is 1.50 bits per heavy atom. The maximum Gasteiger partial charge on any atom is 0.0964 e. The molecule has 2 nitrogen and oxygen atoms in total. The van der Waals surface area contributed by atoms with Crippen LogP contribution < -0.4 is 0 Å². The minimum absolute atomic E-state index is 0.0678. The standard InChI is InChI=1S/C7H16O2S/c1-6(9)10-5-7(2,3)4-8/h6,8-9H,4-5H2,1-3H3. The van der Waals surface area contributed by atoms with Crippen LogP contribution in [-0.4, -0.2) is 28.0 Å². The topological polar surface area (TPSA) is 40.5 Å². The van der Waals surface area contributed by atoms with E-state index in [1.165, 1.54) is 11.8 Å². The second-order valence-corrected chi connectivity index (χ2v) is 4.54. The first-order valence-corrected chi connectivity index (χ1v) is 4.43. The normalized spacial score (nSPS) is 15.3. The van der Waals surface area contributed by atoms with Gasteiger partial charge in [0.15, 0.2) is 0 Å². The average molecular weight is 164 g/mol. The van der Waals surface area contributed by atoms with Crippen LogP contribution in [0.1, 0.15) is 20.8 Å². The van der Waals surface area contributed by atoms with Gasteiger partial charge in [0.2, 0.25) is 0 Å². The lowest BCUT2D eigenvalue weighted by Crippen LogP contribution is -2.20. The van der Waals surface area contributed by atoms with Crippen molar-refractivity contribution in [1.82, 2.24) is 0 Å². The van der Waals surface area contributed by atoms with E-state index < -0.39 is 0 Å². The van der Waals surface area contributed by atoms with E-state index in [0.29, 0.717) is 0 Å². The van der Waals surface area contributed by atoms with Gasteiger partial charge in [-0.05, 0) is 12.3 Å². The van der Waals surface area contributed by atoms with Gasteiger partial charge in [-0.25, -0.2) is 0 Å². The third-order valence-corrected chi connectivity index (χ3v) is 2.57. The van der Waals surface area contributed by atoms with Crippen molar-refractivity contribution in [3.63, 3.8) is 0 Å². The van der Waals surface area contributed by atoms with Gasteiger partial charge in [-0.2, -0.15) is 0 Å². The zero-order valence-corrected chi connectivity index (χ0v) is 7.61. The molecule has 0 saturated carbocycles. The maximum absolute atomic E-state index is 8.89. The van der Waals surface area contributed by atoms with Gasteiger partial charge in [-0.15, -0.1) is 11.8 Å². The molecule has 0 amide bonds. The smallest absolute Gasteiger partial charge is 0.0964 e. The summed E-state index contributed by atoms with van der Waals surface area (Å²) < 4.78 is 0. The fraction of sp³-hybridized carbons (Fsp3) is 1.00. The Hall–Kier alpha value is 0.270. The van der Waals surface area contributed by atoms with Crippen molar-refractivity contribution >= 4 is 11.8 Å². The molecule has 0 rings (SSSR count). The molecule has 10 heavy (non-hydrogen) atoms. The minimum Gasteiger partial charge on any atom is -0.396 e. The Bertz CT molecular complexity index is 91.6. The maximum atomic E-state index is 8.89. The third-order valence-electron chi connectivity index (χ3n) is 1.14. The summed E-state index contributed by atoms with van der Waals surface area (Å²) in [6, 6.07) is 0. The fourth-order valence-electron chi connectivity index (χ4n) is 0.392. The summed E-state index contributed by atoms with van der Waals surface area (Å²) in [6.07, 6.45) is 0. The molecule has 0 fully saturated rings. The second-order valence-electron chi connectivity index (χ2n) is 3.23. The molecule has 0 heterocycles. The minimum atomic E-state index is -0.328. The van der Waals surface area contributed by atoms with Crippen molar-refractivity contribution in [3.8, 4) is 0 Å². The highest BCUT2D eigenvalue weighted by Crippen LogP contribution is 2.22. The highest BCUT2D eigenvalue weighted by atomic mass is 32.2. The average Bonchev–Trinajstić information content (AvgIpc) is 1.85. The van der Waals surface area contributed by atoms with Crippen LogP contribution in [-0.2, 0) is 0 Å². The Morgan fingerprint density at radius 3 is 2.30 bits per heavy atom. The summed E-state index contributed by atoms with van der Waals surface area (Å²) in [5, 5.41) is 17.7. The molecule has 0 aromatic heterocycles. The van der Waals surface area contributed by atoms with Gasteiger partial charge < -0.3 is 10.2 Å². The summed E-state index contributed by atoms with van der Waals surface area (Å²) >= 11 is 1.46. The highest BCUT2D eigenvalue weighted by molar-refractivity contribution is 7.99. The van der Waals surface area contributed by atoms with Crippen molar-refractivity contribution in [2.75, 3.05) is 12.4 Å². The van der Waals surface area contributed by atoms with Crippen molar-refractivity contribution in [2.24, 2.45) is 5.41 Å². The van der Waals surface area contributed by atoms with Crippen LogP contribution in [0.4, 0.5) is 0 Å². The lowest BCUT2D eigenvalue weighted by atomic mass is 9.98. The van der Waals surface area contributed by atoms with E-state index in [4.69, 9.17) is 10.2 Å². The summed E-state index contributed by atoms with van der Waals surface area (Å²) in [5.74, 6) is 0.793. The molecule has 62 valence electrons. The number of thioether (sulfide) groups is 1. The van der Waals surface area contributed by atoms with Crippen molar-refractivity contribution in [1.29, 1.82) is 0 Å².